The lowest BCUT2D eigenvalue weighted by atomic mass is 9.88. The van der Waals surface area contributed by atoms with Gasteiger partial charge in [-0.3, -0.25) is 4.79 Å². The van der Waals surface area contributed by atoms with Gasteiger partial charge >= 0.3 is 0 Å². The molecule has 0 aliphatic carbocycles. The molecule has 3 nitrogen and oxygen atoms in total. The summed E-state index contributed by atoms with van der Waals surface area (Å²) in [7, 11) is 0. The van der Waals surface area contributed by atoms with Crippen molar-refractivity contribution in [1.29, 1.82) is 0 Å². The molecule has 0 aromatic carbocycles. The minimum absolute atomic E-state index is 0.0555. The lowest BCUT2D eigenvalue weighted by molar-refractivity contribution is 0.0910. The fourth-order valence-electron chi connectivity index (χ4n) is 1.04. The Balaban J connectivity index is 2.74. The molecule has 1 aromatic heterocycles. The highest BCUT2D eigenvalue weighted by atomic mass is 79.9. The van der Waals surface area contributed by atoms with E-state index in [-0.39, 0.29) is 17.4 Å². The maximum Gasteiger partial charge on any atom is 0.251 e. The van der Waals surface area contributed by atoms with Gasteiger partial charge in [0.15, 0.2) is 0 Å². The minimum Gasteiger partial charge on any atom is -0.349 e. The summed E-state index contributed by atoms with van der Waals surface area (Å²) in [5.74, 6) is -0.0643. The van der Waals surface area contributed by atoms with Gasteiger partial charge in [0.2, 0.25) is 0 Å². The zero-order chi connectivity index (χ0) is 12.3. The average molecular weight is 285 g/mol. The van der Waals surface area contributed by atoms with Crippen LogP contribution in [0.15, 0.2) is 22.9 Å². The van der Waals surface area contributed by atoms with E-state index >= 15 is 0 Å². The predicted octanol–water partition coefficient (Wildman–Crippen LogP) is 3.01. The van der Waals surface area contributed by atoms with Gasteiger partial charge in [-0.25, -0.2) is 4.98 Å². The summed E-state index contributed by atoms with van der Waals surface area (Å²) >= 11 is 3.25. The molecule has 88 valence electrons. The Morgan fingerprint density at radius 2 is 2.12 bits per heavy atom. The molecule has 1 rings (SSSR count). The Morgan fingerprint density at radius 1 is 1.50 bits per heavy atom. The topological polar surface area (TPSA) is 42.0 Å². The first kappa shape index (κ1) is 13.2. The van der Waals surface area contributed by atoms with Crippen LogP contribution in [0.4, 0.5) is 0 Å². The second-order valence-corrected chi connectivity index (χ2v) is 5.74. The molecule has 1 aromatic rings. The summed E-state index contributed by atoms with van der Waals surface area (Å²) in [5, 5.41) is 2.98. The number of aromatic nitrogens is 1. The number of pyridine rings is 1. The van der Waals surface area contributed by atoms with E-state index in [1.807, 2.05) is 6.92 Å². The molecular formula is C12H17BrN2O. The van der Waals surface area contributed by atoms with E-state index in [1.54, 1.807) is 18.3 Å². The quantitative estimate of drug-likeness (QED) is 0.849. The van der Waals surface area contributed by atoms with Gasteiger partial charge in [0.05, 0.1) is 0 Å². The molecule has 0 aliphatic rings. The van der Waals surface area contributed by atoms with Crippen molar-refractivity contribution in [3.05, 3.63) is 28.5 Å². The van der Waals surface area contributed by atoms with E-state index in [4.69, 9.17) is 0 Å². The molecule has 0 bridgehead atoms. The Hall–Kier alpha value is -0.900. The van der Waals surface area contributed by atoms with Crippen molar-refractivity contribution in [2.75, 3.05) is 0 Å². The number of carbonyl (C=O) groups excluding carboxylic acids is 1. The Labute approximate surface area is 105 Å². The van der Waals surface area contributed by atoms with Crippen LogP contribution in [0.25, 0.3) is 0 Å². The van der Waals surface area contributed by atoms with Crippen LogP contribution < -0.4 is 5.32 Å². The molecule has 1 N–H and O–H groups in total. The second kappa shape index (κ2) is 4.95. The summed E-state index contributed by atoms with van der Waals surface area (Å²) in [6, 6.07) is 3.53. The number of nitrogens with one attached hydrogen (secondary N) is 1. The number of rotatable bonds is 2. The molecule has 0 saturated carbocycles. The number of carbonyl (C=O) groups is 1. The Morgan fingerprint density at radius 3 is 2.62 bits per heavy atom. The van der Waals surface area contributed by atoms with Crippen LogP contribution in [0.1, 0.15) is 38.1 Å². The number of halogens is 1. The standard InChI is InChI=1S/C12H17BrN2O/c1-8(12(2,3)4)15-11(16)9-5-6-14-10(13)7-9/h5-8H,1-4H3,(H,15,16). The van der Waals surface area contributed by atoms with E-state index < -0.39 is 0 Å². The van der Waals surface area contributed by atoms with Crippen LogP contribution in [0, 0.1) is 5.41 Å². The Bertz CT molecular complexity index is 385. The van der Waals surface area contributed by atoms with Crippen molar-refractivity contribution in [1.82, 2.24) is 10.3 Å². The minimum atomic E-state index is -0.0643. The highest BCUT2D eigenvalue weighted by molar-refractivity contribution is 9.10. The van der Waals surface area contributed by atoms with Gasteiger partial charge in [0.25, 0.3) is 5.91 Å². The van der Waals surface area contributed by atoms with E-state index in [0.717, 1.165) is 0 Å². The predicted molar refractivity (Wildman–Crippen MR) is 68.3 cm³/mol. The highest BCUT2D eigenvalue weighted by Crippen LogP contribution is 2.19. The first-order chi connectivity index (χ1) is 7.30. The highest BCUT2D eigenvalue weighted by Gasteiger charge is 2.22. The average Bonchev–Trinajstić information content (AvgIpc) is 2.16. The summed E-state index contributed by atoms with van der Waals surface area (Å²) in [6.07, 6.45) is 1.61. The van der Waals surface area contributed by atoms with Crippen LogP contribution >= 0.6 is 15.9 Å². The zero-order valence-corrected chi connectivity index (χ0v) is 11.6. The maximum absolute atomic E-state index is 11.9. The third kappa shape index (κ3) is 3.59. The summed E-state index contributed by atoms with van der Waals surface area (Å²) < 4.78 is 0.670. The van der Waals surface area contributed by atoms with Crippen LogP contribution in [0.5, 0.6) is 0 Å². The van der Waals surface area contributed by atoms with Crippen molar-refractivity contribution in [3.8, 4) is 0 Å². The Kier molecular flexibility index (Phi) is 4.08. The van der Waals surface area contributed by atoms with E-state index in [2.05, 4.69) is 47.0 Å². The van der Waals surface area contributed by atoms with E-state index in [9.17, 15) is 4.79 Å². The van der Waals surface area contributed by atoms with Crippen LogP contribution in [-0.4, -0.2) is 16.9 Å². The summed E-state index contributed by atoms with van der Waals surface area (Å²) in [6.45, 7) is 8.30. The fraction of sp³-hybridized carbons (Fsp3) is 0.500. The molecular weight excluding hydrogens is 268 g/mol. The largest absolute Gasteiger partial charge is 0.349 e. The van der Waals surface area contributed by atoms with Crippen molar-refractivity contribution >= 4 is 21.8 Å². The maximum atomic E-state index is 11.9. The van der Waals surface area contributed by atoms with Gasteiger partial charge in [0, 0.05) is 17.8 Å². The molecule has 0 fully saturated rings. The van der Waals surface area contributed by atoms with Crippen molar-refractivity contribution in [2.24, 2.45) is 5.41 Å². The molecule has 1 heterocycles. The number of hydrogen-bond donors (Lipinski definition) is 1. The van der Waals surface area contributed by atoms with E-state index in [1.165, 1.54) is 0 Å². The SMILES string of the molecule is CC(NC(=O)c1ccnc(Br)c1)C(C)(C)C. The first-order valence-corrected chi connectivity index (χ1v) is 6.02. The molecule has 1 atom stereocenters. The lowest BCUT2D eigenvalue weighted by Gasteiger charge is -2.28. The van der Waals surface area contributed by atoms with Gasteiger partial charge in [-0.2, -0.15) is 0 Å². The van der Waals surface area contributed by atoms with Gasteiger partial charge in [0.1, 0.15) is 4.60 Å². The monoisotopic (exact) mass is 284 g/mol. The molecule has 1 unspecified atom stereocenters. The second-order valence-electron chi connectivity index (χ2n) is 4.93. The van der Waals surface area contributed by atoms with Crippen LogP contribution in [-0.2, 0) is 0 Å². The molecule has 16 heavy (non-hydrogen) atoms. The summed E-state index contributed by atoms with van der Waals surface area (Å²) in [5.41, 5.74) is 0.679. The third-order valence-electron chi connectivity index (χ3n) is 2.64. The molecule has 0 aliphatic heterocycles. The molecule has 0 saturated heterocycles. The fourth-order valence-corrected chi connectivity index (χ4v) is 1.41. The van der Waals surface area contributed by atoms with Gasteiger partial charge in [-0.05, 0) is 40.4 Å². The van der Waals surface area contributed by atoms with Gasteiger partial charge < -0.3 is 5.32 Å². The molecule has 1 amide bonds. The van der Waals surface area contributed by atoms with E-state index in [0.29, 0.717) is 10.2 Å². The van der Waals surface area contributed by atoms with Crippen molar-refractivity contribution in [3.63, 3.8) is 0 Å². The van der Waals surface area contributed by atoms with Crippen LogP contribution in [0.3, 0.4) is 0 Å². The van der Waals surface area contributed by atoms with Crippen LogP contribution in [0.2, 0.25) is 0 Å². The number of hydrogen-bond acceptors (Lipinski definition) is 2. The smallest absolute Gasteiger partial charge is 0.251 e. The first-order valence-electron chi connectivity index (χ1n) is 5.23. The van der Waals surface area contributed by atoms with Gasteiger partial charge in [-0.1, -0.05) is 20.8 Å². The zero-order valence-electron chi connectivity index (χ0n) is 10.0. The third-order valence-corrected chi connectivity index (χ3v) is 3.07. The summed E-state index contributed by atoms with van der Waals surface area (Å²) in [4.78, 5) is 15.9. The number of nitrogens with zero attached hydrogens (tertiary/aromatic N) is 1. The van der Waals surface area contributed by atoms with Crippen molar-refractivity contribution < 1.29 is 4.79 Å². The van der Waals surface area contributed by atoms with Gasteiger partial charge in [-0.15, -0.1) is 0 Å². The normalized spacial score (nSPS) is 13.3. The molecule has 0 radical (unpaired) electrons. The molecule has 0 spiro atoms. The van der Waals surface area contributed by atoms with Crippen molar-refractivity contribution in [2.45, 2.75) is 33.7 Å². The molecule has 4 heteroatoms. The lowest BCUT2D eigenvalue weighted by Crippen LogP contribution is -2.41. The number of amides is 1.